The quantitative estimate of drug-likeness (QED) is 0.759. The highest BCUT2D eigenvalue weighted by atomic mass is 32.2. The zero-order valence-corrected chi connectivity index (χ0v) is 11.1. The molecule has 1 N–H and O–H groups in total. The van der Waals surface area contributed by atoms with E-state index in [2.05, 4.69) is 18.5 Å². The van der Waals surface area contributed by atoms with Crippen LogP contribution >= 0.6 is 11.8 Å². The minimum atomic E-state index is 0.624. The van der Waals surface area contributed by atoms with Gasteiger partial charge in [-0.1, -0.05) is 19.8 Å². The van der Waals surface area contributed by atoms with Gasteiger partial charge in [-0.15, -0.1) is 0 Å². The molecule has 0 aromatic rings. The van der Waals surface area contributed by atoms with E-state index in [1.54, 1.807) is 7.11 Å². The molecular formula is C12H25NOS. The largest absolute Gasteiger partial charge is 0.384 e. The lowest BCUT2D eigenvalue weighted by atomic mass is 9.94. The van der Waals surface area contributed by atoms with Crippen LogP contribution in [-0.4, -0.2) is 37.8 Å². The van der Waals surface area contributed by atoms with Crippen molar-refractivity contribution in [2.75, 3.05) is 26.5 Å². The Morgan fingerprint density at radius 2 is 2.13 bits per heavy atom. The summed E-state index contributed by atoms with van der Waals surface area (Å²) in [4.78, 5) is 0. The second-order valence-electron chi connectivity index (χ2n) is 4.63. The monoisotopic (exact) mass is 231 g/mol. The zero-order chi connectivity index (χ0) is 11.1. The number of thioether (sulfide) groups is 1. The maximum absolute atomic E-state index is 5.15. The predicted octanol–water partition coefficient (Wildman–Crippen LogP) is 2.53. The molecule has 3 atom stereocenters. The van der Waals surface area contributed by atoms with Crippen LogP contribution in [-0.2, 0) is 4.74 Å². The van der Waals surface area contributed by atoms with Crippen molar-refractivity contribution >= 4 is 11.8 Å². The van der Waals surface area contributed by atoms with Crippen molar-refractivity contribution in [2.24, 2.45) is 5.92 Å². The van der Waals surface area contributed by atoms with Crippen molar-refractivity contribution < 1.29 is 4.74 Å². The van der Waals surface area contributed by atoms with Gasteiger partial charge in [0.05, 0.1) is 0 Å². The number of nitrogens with one attached hydrogen (secondary N) is 1. The van der Waals surface area contributed by atoms with E-state index in [0.717, 1.165) is 24.4 Å². The van der Waals surface area contributed by atoms with Gasteiger partial charge in [-0.25, -0.2) is 0 Å². The third-order valence-electron chi connectivity index (χ3n) is 3.18. The van der Waals surface area contributed by atoms with Crippen LogP contribution in [0.15, 0.2) is 0 Å². The van der Waals surface area contributed by atoms with E-state index in [9.17, 15) is 0 Å². The average molecular weight is 231 g/mol. The third-order valence-corrected chi connectivity index (χ3v) is 4.35. The molecule has 1 saturated carbocycles. The fraction of sp³-hybridized carbons (Fsp3) is 1.00. The number of rotatable bonds is 6. The van der Waals surface area contributed by atoms with Crippen molar-refractivity contribution in [1.29, 1.82) is 0 Å². The van der Waals surface area contributed by atoms with Gasteiger partial charge < -0.3 is 10.1 Å². The summed E-state index contributed by atoms with van der Waals surface area (Å²) in [5.41, 5.74) is 0. The minimum Gasteiger partial charge on any atom is -0.384 e. The molecule has 1 fully saturated rings. The molecule has 0 radical (unpaired) electrons. The number of hydrogen-bond acceptors (Lipinski definition) is 3. The van der Waals surface area contributed by atoms with Gasteiger partial charge in [0.25, 0.3) is 0 Å². The lowest BCUT2D eigenvalue weighted by molar-refractivity contribution is 0.155. The van der Waals surface area contributed by atoms with Gasteiger partial charge in [0.15, 0.2) is 0 Å². The fourth-order valence-corrected chi connectivity index (χ4v) is 3.27. The van der Waals surface area contributed by atoms with Crippen LogP contribution in [0, 0.1) is 5.92 Å². The number of ether oxygens (including phenoxy) is 1. The fourth-order valence-electron chi connectivity index (χ4n) is 2.31. The summed E-state index contributed by atoms with van der Waals surface area (Å²) in [6.07, 6.45) is 7.79. The molecule has 0 amide bonds. The first-order chi connectivity index (χ1) is 7.27. The summed E-state index contributed by atoms with van der Waals surface area (Å²) in [5, 5.41) is 4.53. The SMILES string of the molecule is COCC(C)CNC1CCCCC1SC. The lowest BCUT2D eigenvalue weighted by Gasteiger charge is -2.32. The molecule has 90 valence electrons. The first kappa shape index (κ1) is 13.3. The maximum Gasteiger partial charge on any atom is 0.0499 e. The van der Waals surface area contributed by atoms with E-state index in [-0.39, 0.29) is 0 Å². The Balaban J connectivity index is 2.22. The standard InChI is InChI=1S/C12H25NOS/c1-10(9-14-2)8-13-11-6-4-5-7-12(11)15-3/h10-13H,4-9H2,1-3H3. The number of hydrogen-bond donors (Lipinski definition) is 1. The Bertz CT molecular complexity index is 166. The predicted molar refractivity (Wildman–Crippen MR) is 68.6 cm³/mol. The van der Waals surface area contributed by atoms with Crippen LogP contribution < -0.4 is 5.32 Å². The van der Waals surface area contributed by atoms with Crippen LogP contribution in [0.4, 0.5) is 0 Å². The Kier molecular flexibility index (Phi) is 6.69. The van der Waals surface area contributed by atoms with E-state index in [4.69, 9.17) is 4.74 Å². The van der Waals surface area contributed by atoms with Gasteiger partial charge in [-0.05, 0) is 25.0 Å². The zero-order valence-electron chi connectivity index (χ0n) is 10.3. The summed E-state index contributed by atoms with van der Waals surface area (Å²) < 4.78 is 5.15. The summed E-state index contributed by atoms with van der Waals surface area (Å²) in [6, 6.07) is 0.730. The normalized spacial score (nSPS) is 29.0. The minimum absolute atomic E-state index is 0.624. The van der Waals surface area contributed by atoms with Crippen molar-refractivity contribution in [1.82, 2.24) is 5.32 Å². The van der Waals surface area contributed by atoms with E-state index < -0.39 is 0 Å². The van der Waals surface area contributed by atoms with E-state index in [1.165, 1.54) is 25.7 Å². The molecule has 0 aliphatic heterocycles. The van der Waals surface area contributed by atoms with Gasteiger partial charge in [-0.3, -0.25) is 0 Å². The van der Waals surface area contributed by atoms with Crippen LogP contribution in [0.1, 0.15) is 32.6 Å². The Labute approximate surface area is 98.5 Å². The van der Waals surface area contributed by atoms with Gasteiger partial charge in [0.2, 0.25) is 0 Å². The molecule has 3 heteroatoms. The second-order valence-corrected chi connectivity index (χ2v) is 5.71. The summed E-state index contributed by atoms with van der Waals surface area (Å²) in [7, 11) is 1.78. The van der Waals surface area contributed by atoms with Crippen molar-refractivity contribution in [3.8, 4) is 0 Å². The van der Waals surface area contributed by atoms with Crippen LogP contribution in [0.3, 0.4) is 0 Å². The highest BCUT2D eigenvalue weighted by molar-refractivity contribution is 7.99. The molecule has 3 unspecified atom stereocenters. The van der Waals surface area contributed by atoms with Crippen molar-refractivity contribution in [3.63, 3.8) is 0 Å². The first-order valence-electron chi connectivity index (χ1n) is 6.03. The topological polar surface area (TPSA) is 21.3 Å². The third kappa shape index (κ3) is 4.75. The molecule has 0 aromatic heterocycles. The smallest absolute Gasteiger partial charge is 0.0499 e. The van der Waals surface area contributed by atoms with Gasteiger partial charge in [0.1, 0.15) is 0 Å². The Morgan fingerprint density at radius 3 is 2.80 bits per heavy atom. The first-order valence-corrected chi connectivity index (χ1v) is 7.31. The highest BCUT2D eigenvalue weighted by Crippen LogP contribution is 2.27. The molecule has 1 aliphatic rings. The summed E-state index contributed by atoms with van der Waals surface area (Å²) in [5.74, 6) is 0.624. The van der Waals surface area contributed by atoms with Gasteiger partial charge in [0, 0.05) is 31.6 Å². The molecule has 2 nitrogen and oxygen atoms in total. The second kappa shape index (κ2) is 7.53. The Hall–Kier alpha value is 0.270. The van der Waals surface area contributed by atoms with Crippen molar-refractivity contribution in [2.45, 2.75) is 43.9 Å². The molecule has 0 saturated heterocycles. The summed E-state index contributed by atoms with van der Waals surface area (Å²) >= 11 is 2.03. The van der Waals surface area contributed by atoms with E-state index in [1.807, 2.05) is 11.8 Å². The van der Waals surface area contributed by atoms with Gasteiger partial charge in [-0.2, -0.15) is 11.8 Å². The van der Waals surface area contributed by atoms with Crippen LogP contribution in [0.25, 0.3) is 0 Å². The van der Waals surface area contributed by atoms with E-state index >= 15 is 0 Å². The van der Waals surface area contributed by atoms with Gasteiger partial charge >= 0.3 is 0 Å². The molecule has 1 aliphatic carbocycles. The summed E-state index contributed by atoms with van der Waals surface area (Å²) in [6.45, 7) is 4.20. The molecule has 0 bridgehead atoms. The molecular weight excluding hydrogens is 206 g/mol. The number of methoxy groups -OCH3 is 1. The molecule has 15 heavy (non-hydrogen) atoms. The van der Waals surface area contributed by atoms with Crippen LogP contribution in [0.5, 0.6) is 0 Å². The molecule has 0 aromatic carbocycles. The highest BCUT2D eigenvalue weighted by Gasteiger charge is 2.23. The lowest BCUT2D eigenvalue weighted by Crippen LogP contribution is -2.42. The molecule has 0 spiro atoms. The van der Waals surface area contributed by atoms with Crippen LogP contribution in [0.2, 0.25) is 0 Å². The Morgan fingerprint density at radius 1 is 1.40 bits per heavy atom. The molecule has 0 heterocycles. The van der Waals surface area contributed by atoms with E-state index in [0.29, 0.717) is 5.92 Å². The van der Waals surface area contributed by atoms with Crippen molar-refractivity contribution in [3.05, 3.63) is 0 Å². The maximum atomic E-state index is 5.15. The molecule has 1 rings (SSSR count). The average Bonchev–Trinajstić information content (AvgIpc) is 2.27.